The van der Waals surface area contributed by atoms with Crippen molar-refractivity contribution in [1.29, 1.82) is 0 Å². The molecule has 0 spiro atoms. The molecule has 3 aliphatic rings. The summed E-state index contributed by atoms with van der Waals surface area (Å²) in [4.78, 5) is 54.0. The molecular weight excluding hydrogens is 504 g/mol. The van der Waals surface area contributed by atoms with Crippen molar-refractivity contribution < 1.29 is 38.1 Å². The number of nitrogens with one attached hydrogen (secondary N) is 1. The molecule has 3 fully saturated rings. The summed E-state index contributed by atoms with van der Waals surface area (Å²) in [6.07, 6.45) is 0.104. The van der Waals surface area contributed by atoms with Gasteiger partial charge in [0.05, 0.1) is 12.2 Å². The fourth-order valence-electron chi connectivity index (χ4n) is 6.68. The molecule has 0 radical (unpaired) electrons. The van der Waals surface area contributed by atoms with Gasteiger partial charge in [-0.15, -0.1) is 0 Å². The molecule has 10 nitrogen and oxygen atoms in total. The van der Waals surface area contributed by atoms with E-state index in [1.165, 1.54) is 5.01 Å². The maximum absolute atomic E-state index is 14.0. The minimum absolute atomic E-state index is 0.0541. The molecule has 1 unspecified atom stereocenters. The number of Topliss-reactive ketones (excluding diaryl/α,β-unsaturated/α-hetero) is 2. The topological polar surface area (TPSA) is 120 Å². The van der Waals surface area contributed by atoms with Crippen molar-refractivity contribution in [2.45, 2.75) is 98.0 Å². The van der Waals surface area contributed by atoms with Crippen molar-refractivity contribution >= 4 is 23.6 Å². The first-order chi connectivity index (χ1) is 18.2. The SMILES string of the molecule is CC[C@H]1OC(=O)[C@H](C)C(=O)[C@H](C)[C@@H](C)[C@](C)(OC)C[C@@H](C)C(=O)[C@H](C)[C@H]2N(NCC3CCOC3)C(=O)O[C@]12C. The van der Waals surface area contributed by atoms with Crippen LogP contribution >= 0.6 is 0 Å². The first-order valence-corrected chi connectivity index (χ1v) is 14.4. The van der Waals surface area contributed by atoms with Gasteiger partial charge in [0.15, 0.2) is 5.60 Å². The number of hydrazine groups is 1. The van der Waals surface area contributed by atoms with Crippen LogP contribution in [-0.2, 0) is 33.3 Å². The molecule has 3 aliphatic heterocycles. The number of esters is 1. The van der Waals surface area contributed by atoms with Crippen LogP contribution < -0.4 is 5.43 Å². The summed E-state index contributed by atoms with van der Waals surface area (Å²) in [5, 5.41) is 1.41. The third kappa shape index (κ3) is 6.03. The van der Waals surface area contributed by atoms with Crippen molar-refractivity contribution in [3.63, 3.8) is 0 Å². The molecule has 1 amide bonds. The number of cyclic esters (lactones) is 1. The second-order valence-electron chi connectivity index (χ2n) is 12.3. The molecule has 10 atom stereocenters. The van der Waals surface area contributed by atoms with E-state index in [1.54, 1.807) is 34.8 Å². The van der Waals surface area contributed by atoms with E-state index in [9.17, 15) is 19.2 Å². The summed E-state index contributed by atoms with van der Waals surface area (Å²) in [5.41, 5.74) is 1.09. The van der Waals surface area contributed by atoms with E-state index in [2.05, 4.69) is 5.43 Å². The lowest BCUT2D eigenvalue weighted by Crippen LogP contribution is -2.60. The summed E-state index contributed by atoms with van der Waals surface area (Å²) < 4.78 is 23.3. The van der Waals surface area contributed by atoms with Crippen LogP contribution in [0, 0.1) is 35.5 Å². The van der Waals surface area contributed by atoms with Crippen LogP contribution in [0.3, 0.4) is 0 Å². The van der Waals surface area contributed by atoms with Gasteiger partial charge in [-0.2, -0.15) is 0 Å². The number of methoxy groups -OCH3 is 1. The highest BCUT2D eigenvalue weighted by Gasteiger charge is 2.60. The summed E-state index contributed by atoms with van der Waals surface area (Å²) in [7, 11) is 1.58. The lowest BCUT2D eigenvalue weighted by Gasteiger charge is -2.43. The first-order valence-electron chi connectivity index (χ1n) is 14.4. The zero-order valence-corrected chi connectivity index (χ0v) is 25.1. The Hall–Kier alpha value is -2.04. The van der Waals surface area contributed by atoms with E-state index in [1.807, 2.05) is 27.7 Å². The number of ether oxygens (including phenoxy) is 4. The Kier molecular flexibility index (Phi) is 9.87. The van der Waals surface area contributed by atoms with Crippen LogP contribution in [0.4, 0.5) is 4.79 Å². The predicted octanol–water partition coefficient (Wildman–Crippen LogP) is 3.56. The highest BCUT2D eigenvalue weighted by molar-refractivity contribution is 6.00. The minimum atomic E-state index is -1.33. The Morgan fingerprint density at radius 2 is 1.69 bits per heavy atom. The van der Waals surface area contributed by atoms with Gasteiger partial charge in [0.1, 0.15) is 29.6 Å². The van der Waals surface area contributed by atoms with Crippen molar-refractivity contribution in [2.75, 3.05) is 26.9 Å². The standard InChI is InChI=1S/C29H48N2O8/c1-10-22-29(8)25(31(27(35)39-29)30-14-21-11-12-37-15-21)18(4)23(32)16(2)13-28(7,36-9)20(6)17(3)24(33)19(5)26(34)38-22/h16-22,25,30H,10-15H2,1-9H3/t16-,17-,18+,19-,20-,21?,22-,25-,28-,29-/m1/s1. The van der Waals surface area contributed by atoms with Crippen molar-refractivity contribution in [2.24, 2.45) is 35.5 Å². The number of amides is 1. The zero-order chi connectivity index (χ0) is 29.3. The number of hydrogen-bond acceptors (Lipinski definition) is 9. The Bertz CT molecular complexity index is 936. The van der Waals surface area contributed by atoms with Gasteiger partial charge in [0.25, 0.3) is 0 Å². The summed E-state index contributed by atoms with van der Waals surface area (Å²) in [6.45, 7) is 16.1. The van der Waals surface area contributed by atoms with Gasteiger partial charge in [-0.1, -0.05) is 34.6 Å². The van der Waals surface area contributed by atoms with Crippen molar-refractivity contribution in [3.05, 3.63) is 0 Å². The molecule has 39 heavy (non-hydrogen) atoms. The van der Waals surface area contributed by atoms with Gasteiger partial charge in [-0.25, -0.2) is 15.2 Å². The first kappa shape index (κ1) is 31.5. The van der Waals surface area contributed by atoms with Crippen LogP contribution in [0.15, 0.2) is 0 Å². The molecule has 10 heteroatoms. The highest BCUT2D eigenvalue weighted by Crippen LogP contribution is 2.42. The van der Waals surface area contributed by atoms with Gasteiger partial charge in [0.2, 0.25) is 0 Å². The van der Waals surface area contributed by atoms with Crippen molar-refractivity contribution in [1.82, 2.24) is 10.4 Å². The average Bonchev–Trinajstić information content (AvgIpc) is 3.52. The van der Waals surface area contributed by atoms with Crippen LogP contribution in [0.1, 0.15) is 74.7 Å². The molecule has 1 N–H and O–H groups in total. The number of ketones is 2. The van der Waals surface area contributed by atoms with Gasteiger partial charge < -0.3 is 18.9 Å². The molecule has 3 saturated heterocycles. The number of carbonyl (C=O) groups excluding carboxylic acids is 4. The predicted molar refractivity (Wildman–Crippen MR) is 143 cm³/mol. The molecule has 222 valence electrons. The molecule has 0 aromatic rings. The Labute approximate surface area is 232 Å². The molecule has 0 aliphatic carbocycles. The minimum Gasteiger partial charge on any atom is -0.458 e. The number of nitrogens with zero attached hydrogens (tertiary/aromatic N) is 1. The highest BCUT2D eigenvalue weighted by atomic mass is 16.6. The second kappa shape index (κ2) is 12.2. The quantitative estimate of drug-likeness (QED) is 0.403. The Balaban J connectivity index is 2.06. The monoisotopic (exact) mass is 552 g/mol. The number of fused-ring (bicyclic) bond motifs is 1. The van der Waals surface area contributed by atoms with E-state index in [4.69, 9.17) is 18.9 Å². The summed E-state index contributed by atoms with van der Waals surface area (Å²) in [6, 6.07) is -0.751. The van der Waals surface area contributed by atoms with E-state index in [0.29, 0.717) is 32.6 Å². The number of carbonyl (C=O) groups is 4. The van der Waals surface area contributed by atoms with Crippen LogP contribution in [-0.4, -0.2) is 78.9 Å². The molecular formula is C29H48N2O8. The molecule has 0 bridgehead atoms. The van der Waals surface area contributed by atoms with Crippen LogP contribution in [0.5, 0.6) is 0 Å². The lowest BCUT2D eigenvalue weighted by atomic mass is 9.70. The maximum Gasteiger partial charge on any atom is 0.425 e. The number of rotatable bonds is 5. The van der Waals surface area contributed by atoms with Gasteiger partial charge in [-0.05, 0) is 51.9 Å². The van der Waals surface area contributed by atoms with Gasteiger partial charge in [0, 0.05) is 38.0 Å². The molecule has 3 heterocycles. The summed E-state index contributed by atoms with van der Waals surface area (Å²) in [5.74, 6) is -3.60. The average molecular weight is 553 g/mol. The van der Waals surface area contributed by atoms with Gasteiger partial charge in [-0.3, -0.25) is 14.4 Å². The van der Waals surface area contributed by atoms with Crippen molar-refractivity contribution in [3.8, 4) is 0 Å². The fourth-order valence-corrected chi connectivity index (χ4v) is 6.68. The second-order valence-corrected chi connectivity index (χ2v) is 12.3. The molecule has 0 aromatic heterocycles. The van der Waals surface area contributed by atoms with E-state index < -0.39 is 59.1 Å². The molecule has 3 rings (SSSR count). The van der Waals surface area contributed by atoms with E-state index in [-0.39, 0.29) is 23.4 Å². The summed E-state index contributed by atoms with van der Waals surface area (Å²) >= 11 is 0. The Morgan fingerprint density at radius 3 is 2.26 bits per heavy atom. The smallest absolute Gasteiger partial charge is 0.425 e. The molecule has 0 saturated carbocycles. The number of hydrogen-bond donors (Lipinski definition) is 1. The Morgan fingerprint density at radius 1 is 1.03 bits per heavy atom. The fraction of sp³-hybridized carbons (Fsp3) is 0.862. The third-order valence-electron chi connectivity index (χ3n) is 9.74. The van der Waals surface area contributed by atoms with Crippen LogP contribution in [0.2, 0.25) is 0 Å². The van der Waals surface area contributed by atoms with E-state index >= 15 is 0 Å². The third-order valence-corrected chi connectivity index (χ3v) is 9.74. The van der Waals surface area contributed by atoms with E-state index in [0.717, 1.165) is 6.42 Å². The normalized spacial score (nSPS) is 42.6. The maximum atomic E-state index is 14.0. The van der Waals surface area contributed by atoms with Crippen LogP contribution in [0.25, 0.3) is 0 Å². The largest absolute Gasteiger partial charge is 0.458 e. The lowest BCUT2D eigenvalue weighted by molar-refractivity contribution is -0.172. The zero-order valence-electron chi connectivity index (χ0n) is 25.1. The van der Waals surface area contributed by atoms with Gasteiger partial charge >= 0.3 is 12.1 Å². The molecule has 0 aromatic carbocycles.